The number of halogens is 3. The predicted molar refractivity (Wildman–Crippen MR) is 138 cm³/mol. The minimum atomic E-state index is -4.69. The summed E-state index contributed by atoms with van der Waals surface area (Å²) in [7, 11) is 1.68. The average Bonchev–Trinajstić information content (AvgIpc) is 3.28. The number of phenols is 2. The van der Waals surface area contributed by atoms with E-state index in [0.29, 0.717) is 5.69 Å². The van der Waals surface area contributed by atoms with Gasteiger partial charge in [-0.25, -0.2) is 4.98 Å². The first-order valence-corrected chi connectivity index (χ1v) is 12.0. The molecule has 0 fully saturated rings. The van der Waals surface area contributed by atoms with Gasteiger partial charge in [-0.15, -0.1) is 0 Å². The number of hydrogen-bond donors (Lipinski definition) is 2. The summed E-state index contributed by atoms with van der Waals surface area (Å²) in [5.41, 5.74) is -0.204. The van der Waals surface area contributed by atoms with Crippen molar-refractivity contribution in [3.63, 3.8) is 0 Å². The Labute approximate surface area is 221 Å². The topological polar surface area (TPSA) is 98.9 Å². The first-order chi connectivity index (χ1) is 18.5. The number of carbonyl (C=O) groups excluding carboxylic acids is 2. The molecule has 1 unspecified atom stereocenters. The Bertz CT molecular complexity index is 1580. The number of phenolic OH excluding ortho intramolecular Hbond substituents is 2. The van der Waals surface area contributed by atoms with Crippen LogP contribution in [0.5, 0.6) is 11.5 Å². The second-order valence-electron chi connectivity index (χ2n) is 9.04. The van der Waals surface area contributed by atoms with Crippen LogP contribution in [0.2, 0.25) is 0 Å². The first-order valence-electron chi connectivity index (χ1n) is 12.0. The monoisotopic (exact) mass is 536 g/mol. The highest BCUT2D eigenvalue weighted by molar-refractivity contribution is 6.23. The van der Waals surface area contributed by atoms with Crippen molar-refractivity contribution in [1.82, 2.24) is 9.55 Å². The molecule has 4 aromatic rings. The highest BCUT2D eigenvalue weighted by Gasteiger charge is 2.44. The maximum absolute atomic E-state index is 14.2. The summed E-state index contributed by atoms with van der Waals surface area (Å²) >= 11 is 0. The van der Waals surface area contributed by atoms with Crippen molar-refractivity contribution < 1.29 is 33.0 Å². The Balaban J connectivity index is 1.78. The lowest BCUT2D eigenvalue weighted by molar-refractivity contribution is -0.137. The standard InChI is InChI=1S/C28H23F3N4O4/c1-3-34-20-10-9-16(28(29,30)31)11-21(20)35(17-7-5-4-6-8-17)27(39)25(26(34)38)19-12-18(23(36)13-24(19)37)22-14-32-15-33(22)2/h4-15,25,36-37H,3H2,1-2H3. The average molecular weight is 537 g/mol. The van der Waals surface area contributed by atoms with E-state index in [1.807, 2.05) is 0 Å². The van der Waals surface area contributed by atoms with Crippen LogP contribution in [0.15, 0.2) is 73.2 Å². The van der Waals surface area contributed by atoms with E-state index in [9.17, 15) is 33.0 Å². The van der Waals surface area contributed by atoms with E-state index in [-0.39, 0.29) is 40.5 Å². The molecule has 0 spiro atoms. The number of aromatic hydroxyl groups is 2. The summed E-state index contributed by atoms with van der Waals surface area (Å²) in [6.07, 6.45) is -1.73. The lowest BCUT2D eigenvalue weighted by atomic mass is 9.92. The summed E-state index contributed by atoms with van der Waals surface area (Å²) in [6.45, 7) is 1.67. The molecule has 11 heteroatoms. The highest BCUT2D eigenvalue weighted by Crippen LogP contribution is 2.46. The van der Waals surface area contributed by atoms with E-state index in [1.54, 1.807) is 48.9 Å². The number of imidazole rings is 1. The Morgan fingerprint density at radius 3 is 2.26 bits per heavy atom. The van der Waals surface area contributed by atoms with E-state index in [1.165, 1.54) is 29.6 Å². The fourth-order valence-corrected chi connectivity index (χ4v) is 4.82. The molecular weight excluding hydrogens is 513 g/mol. The summed E-state index contributed by atoms with van der Waals surface area (Å²) in [4.78, 5) is 34.5. The quantitative estimate of drug-likeness (QED) is 0.344. The second kappa shape index (κ2) is 9.50. The Kier molecular flexibility index (Phi) is 6.29. The Morgan fingerprint density at radius 1 is 0.923 bits per heavy atom. The van der Waals surface area contributed by atoms with Crippen LogP contribution in [0.1, 0.15) is 24.0 Å². The third kappa shape index (κ3) is 4.35. The lowest BCUT2D eigenvalue weighted by Gasteiger charge is -2.26. The molecule has 2 heterocycles. The molecule has 8 nitrogen and oxygen atoms in total. The second-order valence-corrected chi connectivity index (χ2v) is 9.04. The van der Waals surface area contributed by atoms with Crippen LogP contribution < -0.4 is 9.80 Å². The molecule has 200 valence electrons. The van der Waals surface area contributed by atoms with Gasteiger partial charge in [-0.3, -0.25) is 14.5 Å². The van der Waals surface area contributed by atoms with Crippen LogP contribution >= 0.6 is 0 Å². The number of aryl methyl sites for hydroxylation is 1. The SMILES string of the molecule is CCN1C(=O)C(c2cc(-c3cncn3C)c(O)cc2O)C(=O)N(c2ccccc2)c2cc(C(F)(F)F)ccc21. The van der Waals surface area contributed by atoms with Crippen LogP contribution in [0.4, 0.5) is 30.2 Å². The van der Waals surface area contributed by atoms with Crippen LogP contribution in [0.25, 0.3) is 11.3 Å². The largest absolute Gasteiger partial charge is 0.507 e. The molecule has 0 saturated carbocycles. The van der Waals surface area contributed by atoms with Gasteiger partial charge < -0.3 is 19.7 Å². The predicted octanol–water partition coefficient (Wildman–Crippen LogP) is 5.33. The maximum atomic E-state index is 14.2. The van der Waals surface area contributed by atoms with Crippen molar-refractivity contribution >= 4 is 28.9 Å². The van der Waals surface area contributed by atoms with Gasteiger partial charge >= 0.3 is 6.18 Å². The Hall–Kier alpha value is -4.80. The number of para-hydroxylation sites is 1. The number of aromatic nitrogens is 2. The number of alkyl halides is 3. The van der Waals surface area contributed by atoms with Crippen molar-refractivity contribution in [2.45, 2.75) is 19.0 Å². The summed E-state index contributed by atoms with van der Waals surface area (Å²) in [5, 5.41) is 21.4. The number of benzene rings is 3. The van der Waals surface area contributed by atoms with E-state index in [0.717, 1.165) is 23.1 Å². The third-order valence-corrected chi connectivity index (χ3v) is 6.69. The molecule has 1 aromatic heterocycles. The van der Waals surface area contributed by atoms with E-state index in [4.69, 9.17) is 0 Å². The zero-order valence-corrected chi connectivity index (χ0v) is 20.8. The maximum Gasteiger partial charge on any atom is 0.416 e. The number of amides is 2. The van der Waals surface area contributed by atoms with Gasteiger partial charge in [0.2, 0.25) is 11.8 Å². The minimum absolute atomic E-state index is 0.0387. The van der Waals surface area contributed by atoms with Crippen LogP contribution in [-0.2, 0) is 22.8 Å². The van der Waals surface area contributed by atoms with Crippen LogP contribution in [0.3, 0.4) is 0 Å². The third-order valence-electron chi connectivity index (χ3n) is 6.69. The molecule has 1 aliphatic rings. The first kappa shape index (κ1) is 25.8. The van der Waals surface area contributed by atoms with Gasteiger partial charge in [0.15, 0.2) is 0 Å². The van der Waals surface area contributed by atoms with Crippen molar-refractivity contribution in [3.05, 3.63) is 84.3 Å². The molecule has 1 aliphatic heterocycles. The summed E-state index contributed by atoms with van der Waals surface area (Å²) in [6, 6.07) is 13.2. The Morgan fingerprint density at radius 2 is 1.64 bits per heavy atom. The summed E-state index contributed by atoms with van der Waals surface area (Å²) < 4.78 is 42.8. The van der Waals surface area contributed by atoms with Crippen molar-refractivity contribution in [1.29, 1.82) is 0 Å². The molecule has 39 heavy (non-hydrogen) atoms. The van der Waals surface area contributed by atoms with Gasteiger partial charge in [-0.1, -0.05) is 18.2 Å². The van der Waals surface area contributed by atoms with Gasteiger partial charge in [-0.2, -0.15) is 13.2 Å². The molecule has 5 rings (SSSR count). The number of carbonyl (C=O) groups is 2. The molecular formula is C28H23F3N4O4. The molecule has 2 N–H and O–H groups in total. The van der Waals surface area contributed by atoms with E-state index >= 15 is 0 Å². The van der Waals surface area contributed by atoms with Gasteiger partial charge in [0.25, 0.3) is 0 Å². The van der Waals surface area contributed by atoms with Crippen molar-refractivity contribution in [2.75, 3.05) is 16.3 Å². The number of likely N-dealkylation sites (N-methyl/N-ethyl adjacent to an activating group) is 1. The fourth-order valence-electron chi connectivity index (χ4n) is 4.82. The fraction of sp³-hybridized carbons (Fsp3) is 0.179. The van der Waals surface area contributed by atoms with Crippen molar-refractivity contribution in [2.24, 2.45) is 7.05 Å². The molecule has 0 aliphatic carbocycles. The number of fused-ring (bicyclic) bond motifs is 1. The zero-order chi connectivity index (χ0) is 28.1. The number of anilines is 3. The normalized spacial score (nSPS) is 15.9. The molecule has 3 aromatic carbocycles. The smallest absolute Gasteiger partial charge is 0.416 e. The molecule has 0 radical (unpaired) electrons. The number of nitrogens with zero attached hydrogens (tertiary/aromatic N) is 4. The van der Waals surface area contributed by atoms with E-state index in [2.05, 4.69) is 4.98 Å². The summed E-state index contributed by atoms with van der Waals surface area (Å²) in [5.74, 6) is -4.06. The van der Waals surface area contributed by atoms with Gasteiger partial charge in [0.05, 0.1) is 35.2 Å². The van der Waals surface area contributed by atoms with Crippen LogP contribution in [-0.4, -0.2) is 38.1 Å². The number of rotatable bonds is 4. The van der Waals surface area contributed by atoms with Crippen molar-refractivity contribution in [3.8, 4) is 22.8 Å². The lowest BCUT2D eigenvalue weighted by Crippen LogP contribution is -2.39. The van der Waals surface area contributed by atoms with Gasteiger partial charge in [-0.05, 0) is 43.3 Å². The zero-order valence-electron chi connectivity index (χ0n) is 20.8. The van der Waals surface area contributed by atoms with Crippen LogP contribution in [0, 0.1) is 0 Å². The molecule has 0 saturated heterocycles. The highest BCUT2D eigenvalue weighted by atomic mass is 19.4. The van der Waals surface area contributed by atoms with Gasteiger partial charge in [0.1, 0.15) is 17.4 Å². The van der Waals surface area contributed by atoms with E-state index < -0.39 is 35.2 Å². The van der Waals surface area contributed by atoms with Gasteiger partial charge in [0, 0.05) is 36.5 Å². The minimum Gasteiger partial charge on any atom is -0.507 e. The molecule has 2 amide bonds. The molecule has 1 atom stereocenters. The number of hydrogen-bond acceptors (Lipinski definition) is 5. The molecule has 0 bridgehead atoms.